The quantitative estimate of drug-likeness (QED) is 0.934. The number of methoxy groups -OCH3 is 1. The first-order chi connectivity index (χ1) is 9.81. The second-order valence-electron chi connectivity index (χ2n) is 5.19. The molecule has 0 saturated heterocycles. The Morgan fingerprint density at radius 1 is 1.35 bits per heavy atom. The second kappa shape index (κ2) is 6.04. The molecule has 4 heteroatoms. The molecule has 1 aromatic heterocycles. The highest BCUT2D eigenvalue weighted by Gasteiger charge is 2.23. The molecule has 1 unspecified atom stereocenters. The number of ether oxygens (including phenoxy) is 1. The molecule has 0 radical (unpaired) electrons. The number of fused-ring (bicyclic) bond motifs is 1. The zero-order valence-corrected chi connectivity index (χ0v) is 12.8. The highest BCUT2D eigenvalue weighted by molar-refractivity contribution is 7.15. The SMILES string of the molecule is CNC1CCCc2nc(-c3ccc(COC)cc3)sc21. The molecule has 1 heterocycles. The van der Waals surface area contributed by atoms with E-state index in [0.717, 1.165) is 11.4 Å². The molecule has 1 aliphatic carbocycles. The van der Waals surface area contributed by atoms with Crippen molar-refractivity contribution >= 4 is 11.3 Å². The molecule has 1 aliphatic rings. The molecule has 3 rings (SSSR count). The molecule has 1 N–H and O–H groups in total. The van der Waals surface area contributed by atoms with Gasteiger partial charge in [0.2, 0.25) is 0 Å². The van der Waals surface area contributed by atoms with E-state index >= 15 is 0 Å². The van der Waals surface area contributed by atoms with Gasteiger partial charge in [-0.25, -0.2) is 4.98 Å². The van der Waals surface area contributed by atoms with Gasteiger partial charge >= 0.3 is 0 Å². The fraction of sp³-hybridized carbons (Fsp3) is 0.438. The zero-order chi connectivity index (χ0) is 13.9. The summed E-state index contributed by atoms with van der Waals surface area (Å²) in [6, 6.07) is 9.02. The maximum atomic E-state index is 5.15. The van der Waals surface area contributed by atoms with Crippen molar-refractivity contribution in [3.8, 4) is 10.6 Å². The molecular formula is C16H20N2OS. The number of aromatic nitrogens is 1. The smallest absolute Gasteiger partial charge is 0.123 e. The van der Waals surface area contributed by atoms with E-state index in [0.29, 0.717) is 12.6 Å². The molecule has 1 atom stereocenters. The van der Waals surface area contributed by atoms with Gasteiger partial charge in [0.05, 0.1) is 12.3 Å². The van der Waals surface area contributed by atoms with Gasteiger partial charge < -0.3 is 10.1 Å². The Hall–Kier alpha value is -1.23. The van der Waals surface area contributed by atoms with Gasteiger partial charge in [-0.05, 0) is 31.9 Å². The first-order valence-corrected chi connectivity index (χ1v) is 7.88. The van der Waals surface area contributed by atoms with Crippen LogP contribution in [0.1, 0.15) is 35.0 Å². The van der Waals surface area contributed by atoms with Gasteiger partial charge in [0.25, 0.3) is 0 Å². The van der Waals surface area contributed by atoms with Crippen LogP contribution in [0.2, 0.25) is 0 Å². The average Bonchev–Trinajstić information content (AvgIpc) is 2.92. The lowest BCUT2D eigenvalue weighted by Gasteiger charge is -2.19. The Bertz CT molecular complexity index is 577. The van der Waals surface area contributed by atoms with Gasteiger partial charge in [0.1, 0.15) is 5.01 Å². The van der Waals surface area contributed by atoms with Crippen molar-refractivity contribution in [2.24, 2.45) is 0 Å². The third-order valence-electron chi connectivity index (χ3n) is 3.81. The summed E-state index contributed by atoms with van der Waals surface area (Å²) in [5, 5.41) is 4.54. The van der Waals surface area contributed by atoms with Crippen LogP contribution in [0, 0.1) is 0 Å². The molecule has 3 nitrogen and oxygen atoms in total. The Labute approximate surface area is 124 Å². The molecular weight excluding hydrogens is 268 g/mol. The lowest BCUT2D eigenvalue weighted by Crippen LogP contribution is -2.19. The predicted molar refractivity (Wildman–Crippen MR) is 83.0 cm³/mol. The van der Waals surface area contributed by atoms with Gasteiger partial charge in [0.15, 0.2) is 0 Å². The van der Waals surface area contributed by atoms with Crippen molar-refractivity contribution in [2.45, 2.75) is 31.9 Å². The highest BCUT2D eigenvalue weighted by atomic mass is 32.1. The van der Waals surface area contributed by atoms with Crippen LogP contribution in [-0.4, -0.2) is 19.1 Å². The third kappa shape index (κ3) is 2.64. The monoisotopic (exact) mass is 288 g/mol. The van der Waals surface area contributed by atoms with Crippen molar-refractivity contribution in [1.82, 2.24) is 10.3 Å². The molecule has 1 aromatic carbocycles. The normalized spacial score (nSPS) is 18.0. The number of aryl methyl sites for hydroxylation is 1. The van der Waals surface area contributed by atoms with Crippen LogP contribution in [0.25, 0.3) is 10.6 Å². The fourth-order valence-corrected chi connectivity index (χ4v) is 3.99. The number of hydrogen-bond acceptors (Lipinski definition) is 4. The minimum Gasteiger partial charge on any atom is -0.380 e. The predicted octanol–water partition coefficient (Wildman–Crippen LogP) is 3.55. The minimum absolute atomic E-state index is 0.484. The largest absolute Gasteiger partial charge is 0.380 e. The first kappa shape index (κ1) is 13.7. The standard InChI is InChI=1S/C16H20N2OS/c1-17-13-4-3-5-14-15(13)20-16(18-14)12-8-6-11(7-9-12)10-19-2/h6-9,13,17H,3-5,10H2,1-2H3. The van der Waals surface area contributed by atoms with Gasteiger partial charge in [-0.3, -0.25) is 0 Å². The Morgan fingerprint density at radius 3 is 2.85 bits per heavy atom. The molecule has 106 valence electrons. The van der Waals surface area contributed by atoms with Crippen molar-refractivity contribution in [2.75, 3.05) is 14.2 Å². The number of rotatable bonds is 4. The molecule has 2 aromatic rings. The van der Waals surface area contributed by atoms with Crippen LogP contribution in [-0.2, 0) is 17.8 Å². The van der Waals surface area contributed by atoms with Gasteiger partial charge in [-0.1, -0.05) is 24.3 Å². The van der Waals surface area contributed by atoms with Gasteiger partial charge in [-0.15, -0.1) is 11.3 Å². The summed E-state index contributed by atoms with van der Waals surface area (Å²) in [5.41, 5.74) is 3.70. The molecule has 0 bridgehead atoms. The minimum atomic E-state index is 0.484. The van der Waals surface area contributed by atoms with Crippen LogP contribution < -0.4 is 5.32 Å². The first-order valence-electron chi connectivity index (χ1n) is 7.07. The summed E-state index contributed by atoms with van der Waals surface area (Å²) in [7, 11) is 3.76. The number of hydrogen-bond donors (Lipinski definition) is 1. The van der Waals surface area contributed by atoms with E-state index < -0.39 is 0 Å². The summed E-state index contributed by atoms with van der Waals surface area (Å²) in [5.74, 6) is 0. The Kier molecular flexibility index (Phi) is 4.15. The lowest BCUT2D eigenvalue weighted by atomic mass is 9.98. The molecule has 0 amide bonds. The van der Waals surface area contributed by atoms with E-state index in [1.165, 1.54) is 34.5 Å². The molecule has 0 fully saturated rings. The van der Waals surface area contributed by atoms with E-state index in [4.69, 9.17) is 9.72 Å². The summed E-state index contributed by atoms with van der Waals surface area (Å²) in [6.07, 6.45) is 3.57. The van der Waals surface area contributed by atoms with Crippen molar-refractivity contribution in [3.05, 3.63) is 40.4 Å². The second-order valence-corrected chi connectivity index (χ2v) is 6.22. The zero-order valence-electron chi connectivity index (χ0n) is 12.0. The maximum Gasteiger partial charge on any atom is 0.123 e. The van der Waals surface area contributed by atoms with Crippen molar-refractivity contribution < 1.29 is 4.74 Å². The topological polar surface area (TPSA) is 34.2 Å². The van der Waals surface area contributed by atoms with Gasteiger partial charge in [0, 0.05) is 23.6 Å². The maximum absolute atomic E-state index is 5.15. The van der Waals surface area contributed by atoms with E-state index in [2.05, 4.69) is 29.6 Å². The van der Waals surface area contributed by atoms with Crippen LogP contribution in [0.4, 0.5) is 0 Å². The lowest BCUT2D eigenvalue weighted by molar-refractivity contribution is 0.185. The van der Waals surface area contributed by atoms with Crippen molar-refractivity contribution in [1.29, 1.82) is 0 Å². The van der Waals surface area contributed by atoms with Gasteiger partial charge in [-0.2, -0.15) is 0 Å². The Balaban J connectivity index is 1.89. The van der Waals surface area contributed by atoms with Crippen LogP contribution in [0.15, 0.2) is 24.3 Å². The third-order valence-corrected chi connectivity index (χ3v) is 5.07. The molecule has 20 heavy (non-hydrogen) atoms. The van der Waals surface area contributed by atoms with E-state index in [1.807, 2.05) is 18.4 Å². The highest BCUT2D eigenvalue weighted by Crippen LogP contribution is 2.37. The summed E-state index contributed by atoms with van der Waals surface area (Å²) < 4.78 is 5.15. The van der Waals surface area contributed by atoms with E-state index in [9.17, 15) is 0 Å². The summed E-state index contributed by atoms with van der Waals surface area (Å²) in [6.45, 7) is 0.663. The number of nitrogens with zero attached hydrogens (tertiary/aromatic N) is 1. The van der Waals surface area contributed by atoms with Crippen LogP contribution >= 0.6 is 11.3 Å². The van der Waals surface area contributed by atoms with Crippen LogP contribution in [0.5, 0.6) is 0 Å². The number of thiazole rings is 1. The fourth-order valence-electron chi connectivity index (χ4n) is 2.73. The number of nitrogens with one attached hydrogen (secondary N) is 1. The van der Waals surface area contributed by atoms with Crippen molar-refractivity contribution in [3.63, 3.8) is 0 Å². The summed E-state index contributed by atoms with van der Waals surface area (Å²) in [4.78, 5) is 6.27. The Morgan fingerprint density at radius 2 is 2.15 bits per heavy atom. The van der Waals surface area contributed by atoms with E-state index in [1.54, 1.807) is 7.11 Å². The molecule has 0 spiro atoms. The average molecular weight is 288 g/mol. The molecule has 0 saturated carbocycles. The van der Waals surface area contributed by atoms with Crippen LogP contribution in [0.3, 0.4) is 0 Å². The molecule has 0 aliphatic heterocycles. The van der Waals surface area contributed by atoms with E-state index in [-0.39, 0.29) is 0 Å². The summed E-state index contributed by atoms with van der Waals surface area (Å²) >= 11 is 1.84. The number of benzene rings is 1.